The molecular weight excluding hydrogens is 180 g/mol. The molecule has 1 aliphatic rings. The summed E-state index contributed by atoms with van der Waals surface area (Å²) in [5, 5.41) is 5.97. The maximum Gasteiger partial charge on any atom is 0.234 e. The Bertz CT molecular complexity index is 200. The first kappa shape index (κ1) is 11.5. The largest absolute Gasteiger partial charge is 0.380 e. The lowest BCUT2D eigenvalue weighted by Gasteiger charge is -2.38. The van der Waals surface area contributed by atoms with Crippen molar-refractivity contribution in [3.05, 3.63) is 0 Å². The van der Waals surface area contributed by atoms with E-state index in [4.69, 9.17) is 4.74 Å². The molecule has 1 amide bonds. The van der Waals surface area contributed by atoms with Crippen LogP contribution in [0.15, 0.2) is 0 Å². The van der Waals surface area contributed by atoms with Crippen LogP contribution in [0.5, 0.6) is 0 Å². The molecular formula is C10H20N2O2. The topological polar surface area (TPSA) is 50.4 Å². The molecule has 0 radical (unpaired) electrons. The van der Waals surface area contributed by atoms with Crippen molar-refractivity contribution in [3.63, 3.8) is 0 Å². The quantitative estimate of drug-likeness (QED) is 0.663. The van der Waals surface area contributed by atoms with Crippen LogP contribution in [0.2, 0.25) is 0 Å². The second kappa shape index (κ2) is 4.75. The monoisotopic (exact) mass is 200 g/mol. The van der Waals surface area contributed by atoms with E-state index in [1.165, 1.54) is 0 Å². The molecule has 1 rings (SSSR count). The predicted molar refractivity (Wildman–Crippen MR) is 55.1 cm³/mol. The lowest BCUT2D eigenvalue weighted by atomic mass is 9.89. The summed E-state index contributed by atoms with van der Waals surface area (Å²) in [6.07, 6.45) is 0. The van der Waals surface area contributed by atoms with Gasteiger partial charge < -0.3 is 15.4 Å². The average molecular weight is 200 g/mol. The molecule has 4 nitrogen and oxygen atoms in total. The molecule has 82 valence electrons. The Morgan fingerprint density at radius 2 is 2.14 bits per heavy atom. The average Bonchev–Trinajstić information content (AvgIpc) is 1.99. The number of rotatable bonds is 5. The van der Waals surface area contributed by atoms with E-state index in [0.717, 1.165) is 19.8 Å². The lowest BCUT2D eigenvalue weighted by Crippen LogP contribution is -2.49. The molecule has 0 aromatic carbocycles. The summed E-state index contributed by atoms with van der Waals surface area (Å²) in [6.45, 7) is 8.91. The highest BCUT2D eigenvalue weighted by Gasteiger charge is 2.32. The Hall–Kier alpha value is -0.610. The number of carbonyl (C=O) groups excluding carboxylic acids is 1. The third-order valence-corrected chi connectivity index (χ3v) is 2.19. The number of ether oxygens (including phenoxy) is 1. The summed E-state index contributed by atoms with van der Waals surface area (Å²) in [7, 11) is 0. The Morgan fingerprint density at radius 1 is 1.50 bits per heavy atom. The van der Waals surface area contributed by atoms with Gasteiger partial charge in [-0.25, -0.2) is 0 Å². The minimum absolute atomic E-state index is 0.0591. The standard InChI is InChI=1S/C10H20N2O2/c1-8(2)12-9(13)4-11-5-10(3)6-14-7-10/h8,11H,4-7H2,1-3H3,(H,12,13). The molecule has 0 aliphatic carbocycles. The molecule has 2 N–H and O–H groups in total. The highest BCUT2D eigenvalue weighted by Crippen LogP contribution is 2.24. The number of amides is 1. The fourth-order valence-corrected chi connectivity index (χ4v) is 1.40. The Morgan fingerprint density at radius 3 is 2.57 bits per heavy atom. The van der Waals surface area contributed by atoms with Crippen molar-refractivity contribution in [2.75, 3.05) is 26.3 Å². The SMILES string of the molecule is CC(C)NC(=O)CNCC1(C)COC1. The first-order chi connectivity index (χ1) is 6.52. The van der Waals surface area contributed by atoms with Crippen LogP contribution in [0.1, 0.15) is 20.8 Å². The molecule has 0 bridgehead atoms. The third-order valence-electron chi connectivity index (χ3n) is 2.19. The zero-order valence-corrected chi connectivity index (χ0v) is 9.22. The molecule has 1 fully saturated rings. The molecule has 0 aromatic rings. The molecule has 1 heterocycles. The van der Waals surface area contributed by atoms with Gasteiger partial charge in [0.2, 0.25) is 5.91 Å². The summed E-state index contributed by atoms with van der Waals surface area (Å²) in [6, 6.07) is 0.215. The highest BCUT2D eigenvalue weighted by atomic mass is 16.5. The van der Waals surface area contributed by atoms with Crippen molar-refractivity contribution >= 4 is 5.91 Å². The van der Waals surface area contributed by atoms with Crippen LogP contribution in [0.4, 0.5) is 0 Å². The fraction of sp³-hybridized carbons (Fsp3) is 0.900. The molecule has 1 saturated heterocycles. The minimum Gasteiger partial charge on any atom is -0.380 e. The summed E-state index contributed by atoms with van der Waals surface area (Å²) in [4.78, 5) is 11.2. The molecule has 0 saturated carbocycles. The number of hydrogen-bond donors (Lipinski definition) is 2. The van der Waals surface area contributed by atoms with Crippen LogP contribution in [0, 0.1) is 5.41 Å². The Balaban J connectivity index is 2.06. The van der Waals surface area contributed by atoms with Crippen molar-refractivity contribution in [2.24, 2.45) is 5.41 Å². The fourth-order valence-electron chi connectivity index (χ4n) is 1.40. The predicted octanol–water partition coefficient (Wildman–Crippen LogP) is 0.137. The van der Waals surface area contributed by atoms with Crippen molar-refractivity contribution in [1.82, 2.24) is 10.6 Å². The van der Waals surface area contributed by atoms with E-state index in [1.54, 1.807) is 0 Å². The zero-order valence-electron chi connectivity index (χ0n) is 9.22. The van der Waals surface area contributed by atoms with Crippen LogP contribution in [-0.2, 0) is 9.53 Å². The maximum atomic E-state index is 11.2. The summed E-state index contributed by atoms with van der Waals surface area (Å²) < 4.78 is 5.12. The van der Waals surface area contributed by atoms with E-state index >= 15 is 0 Å². The first-order valence-corrected chi connectivity index (χ1v) is 5.10. The molecule has 0 aromatic heterocycles. The van der Waals surface area contributed by atoms with Gasteiger partial charge in [-0.2, -0.15) is 0 Å². The smallest absolute Gasteiger partial charge is 0.234 e. The van der Waals surface area contributed by atoms with E-state index in [2.05, 4.69) is 17.6 Å². The van der Waals surface area contributed by atoms with Crippen molar-refractivity contribution < 1.29 is 9.53 Å². The number of carbonyl (C=O) groups is 1. The van der Waals surface area contributed by atoms with Crippen molar-refractivity contribution in [1.29, 1.82) is 0 Å². The summed E-state index contributed by atoms with van der Waals surface area (Å²) >= 11 is 0. The minimum atomic E-state index is 0.0591. The molecule has 1 aliphatic heterocycles. The van der Waals surface area contributed by atoms with Gasteiger partial charge in [-0.3, -0.25) is 4.79 Å². The van der Waals surface area contributed by atoms with E-state index in [1.807, 2.05) is 13.8 Å². The molecule has 14 heavy (non-hydrogen) atoms. The van der Waals surface area contributed by atoms with Crippen molar-refractivity contribution in [2.45, 2.75) is 26.8 Å². The van der Waals surface area contributed by atoms with Gasteiger partial charge in [0.1, 0.15) is 0 Å². The van der Waals surface area contributed by atoms with Crippen LogP contribution >= 0.6 is 0 Å². The van der Waals surface area contributed by atoms with Gasteiger partial charge in [0.15, 0.2) is 0 Å². The van der Waals surface area contributed by atoms with Gasteiger partial charge in [0.05, 0.1) is 19.8 Å². The van der Waals surface area contributed by atoms with Gasteiger partial charge in [0.25, 0.3) is 0 Å². The van der Waals surface area contributed by atoms with E-state index in [-0.39, 0.29) is 17.4 Å². The van der Waals surface area contributed by atoms with E-state index in [0.29, 0.717) is 6.54 Å². The van der Waals surface area contributed by atoms with E-state index in [9.17, 15) is 4.79 Å². The number of nitrogens with one attached hydrogen (secondary N) is 2. The highest BCUT2D eigenvalue weighted by molar-refractivity contribution is 5.78. The van der Waals surface area contributed by atoms with Gasteiger partial charge in [0, 0.05) is 18.0 Å². The Kier molecular flexibility index (Phi) is 3.89. The van der Waals surface area contributed by atoms with E-state index < -0.39 is 0 Å². The Labute approximate surface area is 85.4 Å². The normalized spacial score (nSPS) is 19.1. The van der Waals surface area contributed by atoms with Crippen LogP contribution < -0.4 is 10.6 Å². The molecule has 0 spiro atoms. The second-order valence-electron chi connectivity index (χ2n) is 4.63. The van der Waals surface area contributed by atoms with Crippen molar-refractivity contribution in [3.8, 4) is 0 Å². The van der Waals surface area contributed by atoms with Gasteiger partial charge in [-0.05, 0) is 13.8 Å². The second-order valence-corrected chi connectivity index (χ2v) is 4.63. The van der Waals surface area contributed by atoms with Gasteiger partial charge in [-0.1, -0.05) is 6.92 Å². The summed E-state index contributed by atoms with van der Waals surface area (Å²) in [5.74, 6) is 0.0591. The van der Waals surface area contributed by atoms with Gasteiger partial charge in [-0.15, -0.1) is 0 Å². The number of hydrogen-bond acceptors (Lipinski definition) is 3. The maximum absolute atomic E-state index is 11.2. The third kappa shape index (κ3) is 3.64. The molecule has 0 unspecified atom stereocenters. The molecule has 0 atom stereocenters. The zero-order chi connectivity index (χ0) is 10.6. The van der Waals surface area contributed by atoms with Crippen LogP contribution in [0.25, 0.3) is 0 Å². The van der Waals surface area contributed by atoms with Gasteiger partial charge >= 0.3 is 0 Å². The summed E-state index contributed by atoms with van der Waals surface area (Å²) in [5.41, 5.74) is 0.234. The first-order valence-electron chi connectivity index (χ1n) is 5.10. The lowest BCUT2D eigenvalue weighted by molar-refractivity contribution is -0.122. The van der Waals surface area contributed by atoms with Crippen LogP contribution in [0.3, 0.4) is 0 Å². The van der Waals surface area contributed by atoms with Crippen LogP contribution in [-0.4, -0.2) is 38.3 Å². The molecule has 4 heteroatoms.